The van der Waals surface area contributed by atoms with Crippen LogP contribution in [0, 0.1) is 0 Å². The van der Waals surface area contributed by atoms with Gasteiger partial charge in [-0.3, -0.25) is 20.4 Å². The standard InChI is InChI=1S/C11H11N5O2/c12-8-9(13-6-14-11(8)18)15-16-10(17)7-4-2-1-3-5-7/h1-6H,12H2,(H,16,17)(H2,13,14,15,18). The highest BCUT2D eigenvalue weighted by Crippen LogP contribution is 2.05. The van der Waals surface area contributed by atoms with Crippen LogP contribution < -0.4 is 22.1 Å². The minimum Gasteiger partial charge on any atom is -0.391 e. The summed E-state index contributed by atoms with van der Waals surface area (Å²) < 4.78 is 0. The van der Waals surface area contributed by atoms with E-state index in [1.165, 1.54) is 6.33 Å². The Kier molecular flexibility index (Phi) is 3.24. The monoisotopic (exact) mass is 245 g/mol. The number of hydrogen-bond acceptors (Lipinski definition) is 5. The number of nitrogens with two attached hydrogens (primary N) is 1. The number of aromatic amines is 1. The summed E-state index contributed by atoms with van der Waals surface area (Å²) >= 11 is 0. The van der Waals surface area contributed by atoms with Gasteiger partial charge in [-0.05, 0) is 12.1 Å². The highest BCUT2D eigenvalue weighted by Gasteiger charge is 2.07. The molecule has 0 bridgehead atoms. The molecule has 0 aliphatic heterocycles. The van der Waals surface area contributed by atoms with E-state index in [1.807, 2.05) is 0 Å². The molecule has 0 radical (unpaired) electrons. The molecule has 1 heterocycles. The van der Waals surface area contributed by atoms with Gasteiger partial charge in [-0.15, -0.1) is 0 Å². The number of hydrazine groups is 1. The molecule has 7 nitrogen and oxygen atoms in total. The number of aromatic nitrogens is 2. The summed E-state index contributed by atoms with van der Waals surface area (Å²) in [5.41, 5.74) is 10.3. The molecule has 0 aliphatic carbocycles. The highest BCUT2D eigenvalue weighted by molar-refractivity contribution is 5.94. The van der Waals surface area contributed by atoms with Gasteiger partial charge in [0.05, 0.1) is 6.33 Å². The summed E-state index contributed by atoms with van der Waals surface area (Å²) in [6.45, 7) is 0. The first kappa shape index (κ1) is 11.6. The van der Waals surface area contributed by atoms with Gasteiger partial charge in [0.2, 0.25) is 0 Å². The Bertz CT molecular complexity index is 608. The lowest BCUT2D eigenvalue weighted by Crippen LogP contribution is -2.31. The van der Waals surface area contributed by atoms with Crippen LogP contribution in [0.2, 0.25) is 0 Å². The number of amides is 1. The summed E-state index contributed by atoms with van der Waals surface area (Å²) in [4.78, 5) is 29.0. The normalized spacial score (nSPS) is 9.78. The number of benzene rings is 1. The minimum atomic E-state index is -0.471. The van der Waals surface area contributed by atoms with Crippen LogP contribution in [0.3, 0.4) is 0 Å². The van der Waals surface area contributed by atoms with E-state index in [-0.39, 0.29) is 17.4 Å². The first-order valence-corrected chi connectivity index (χ1v) is 5.13. The van der Waals surface area contributed by atoms with E-state index in [0.29, 0.717) is 5.56 Å². The van der Waals surface area contributed by atoms with Crippen molar-refractivity contribution < 1.29 is 4.79 Å². The summed E-state index contributed by atoms with van der Waals surface area (Å²) in [5, 5.41) is 0. The number of anilines is 2. The Morgan fingerprint density at radius 3 is 2.72 bits per heavy atom. The zero-order valence-electron chi connectivity index (χ0n) is 9.31. The lowest BCUT2D eigenvalue weighted by Gasteiger charge is -2.08. The number of hydrogen-bond donors (Lipinski definition) is 4. The fourth-order valence-electron chi connectivity index (χ4n) is 1.29. The predicted octanol–water partition coefficient (Wildman–Crippen LogP) is 0.109. The zero-order valence-corrected chi connectivity index (χ0v) is 9.31. The highest BCUT2D eigenvalue weighted by atomic mass is 16.2. The molecular formula is C11H11N5O2. The van der Waals surface area contributed by atoms with E-state index in [9.17, 15) is 9.59 Å². The van der Waals surface area contributed by atoms with Crippen LogP contribution in [0.4, 0.5) is 11.5 Å². The maximum Gasteiger partial charge on any atom is 0.276 e. The fourth-order valence-corrected chi connectivity index (χ4v) is 1.29. The first-order chi connectivity index (χ1) is 8.68. The molecule has 0 saturated carbocycles. The molecule has 92 valence electrons. The van der Waals surface area contributed by atoms with Crippen LogP contribution in [-0.2, 0) is 0 Å². The Morgan fingerprint density at radius 2 is 2.00 bits per heavy atom. The number of nitrogens with zero attached hydrogens (tertiary/aromatic N) is 1. The van der Waals surface area contributed by atoms with Gasteiger partial charge in [0.1, 0.15) is 5.69 Å². The van der Waals surface area contributed by atoms with E-state index in [4.69, 9.17) is 5.73 Å². The van der Waals surface area contributed by atoms with Gasteiger partial charge in [0.25, 0.3) is 11.5 Å². The molecule has 0 saturated heterocycles. The van der Waals surface area contributed by atoms with Crippen molar-refractivity contribution in [3.05, 3.63) is 52.6 Å². The molecule has 1 aromatic carbocycles. The molecule has 7 heteroatoms. The number of rotatable bonds is 3. The third kappa shape index (κ3) is 2.46. The third-order valence-electron chi connectivity index (χ3n) is 2.22. The molecule has 2 aromatic rings. The molecule has 5 N–H and O–H groups in total. The van der Waals surface area contributed by atoms with Crippen molar-refractivity contribution in [3.63, 3.8) is 0 Å². The van der Waals surface area contributed by atoms with E-state index < -0.39 is 5.56 Å². The Hall–Kier alpha value is -2.83. The molecule has 0 unspecified atom stereocenters. The topological polar surface area (TPSA) is 113 Å². The number of H-pyrrole nitrogens is 1. The van der Waals surface area contributed by atoms with Crippen molar-refractivity contribution in [1.82, 2.24) is 15.4 Å². The van der Waals surface area contributed by atoms with E-state index in [2.05, 4.69) is 20.8 Å². The second-order valence-corrected chi connectivity index (χ2v) is 3.44. The summed E-state index contributed by atoms with van der Waals surface area (Å²) in [7, 11) is 0. The van der Waals surface area contributed by atoms with Crippen LogP contribution in [0.15, 0.2) is 41.5 Å². The van der Waals surface area contributed by atoms with Gasteiger partial charge < -0.3 is 10.7 Å². The maximum absolute atomic E-state index is 11.7. The van der Waals surface area contributed by atoms with Crippen molar-refractivity contribution in [2.24, 2.45) is 0 Å². The average molecular weight is 245 g/mol. The molecule has 1 amide bonds. The van der Waals surface area contributed by atoms with Crippen LogP contribution >= 0.6 is 0 Å². The van der Waals surface area contributed by atoms with Crippen molar-refractivity contribution in [1.29, 1.82) is 0 Å². The van der Waals surface area contributed by atoms with Crippen LogP contribution in [0.5, 0.6) is 0 Å². The van der Waals surface area contributed by atoms with Crippen molar-refractivity contribution in [2.45, 2.75) is 0 Å². The number of carbonyl (C=O) groups excluding carboxylic acids is 1. The maximum atomic E-state index is 11.7. The van der Waals surface area contributed by atoms with Crippen molar-refractivity contribution in [3.8, 4) is 0 Å². The van der Waals surface area contributed by atoms with Gasteiger partial charge in [-0.1, -0.05) is 18.2 Å². The van der Waals surface area contributed by atoms with E-state index in [0.717, 1.165) is 0 Å². The lowest BCUT2D eigenvalue weighted by molar-refractivity contribution is 0.0962. The smallest absolute Gasteiger partial charge is 0.276 e. The molecule has 0 aliphatic rings. The minimum absolute atomic E-state index is 0.0918. The van der Waals surface area contributed by atoms with Crippen LogP contribution in [-0.4, -0.2) is 15.9 Å². The molecule has 0 spiro atoms. The first-order valence-electron chi connectivity index (χ1n) is 5.13. The summed E-state index contributed by atoms with van der Waals surface area (Å²) in [5.74, 6) is -0.250. The quantitative estimate of drug-likeness (QED) is 0.573. The van der Waals surface area contributed by atoms with Gasteiger partial charge in [-0.2, -0.15) is 0 Å². The van der Waals surface area contributed by atoms with Crippen molar-refractivity contribution >= 4 is 17.4 Å². The van der Waals surface area contributed by atoms with Crippen LogP contribution in [0.25, 0.3) is 0 Å². The van der Waals surface area contributed by atoms with Gasteiger partial charge in [0.15, 0.2) is 5.82 Å². The third-order valence-corrected chi connectivity index (χ3v) is 2.22. The number of nitrogen functional groups attached to an aromatic ring is 1. The number of carbonyl (C=O) groups is 1. The molecule has 0 atom stereocenters. The Morgan fingerprint density at radius 1 is 1.28 bits per heavy atom. The zero-order chi connectivity index (χ0) is 13.0. The van der Waals surface area contributed by atoms with Gasteiger partial charge in [-0.25, -0.2) is 4.98 Å². The SMILES string of the molecule is Nc1c(NNC(=O)c2ccccc2)nc[nH]c1=O. The molecule has 1 aromatic heterocycles. The number of nitrogens with one attached hydrogen (secondary N) is 3. The Balaban J connectivity index is 2.07. The molecular weight excluding hydrogens is 234 g/mol. The molecule has 2 rings (SSSR count). The van der Waals surface area contributed by atoms with E-state index in [1.54, 1.807) is 30.3 Å². The average Bonchev–Trinajstić information content (AvgIpc) is 2.41. The van der Waals surface area contributed by atoms with Gasteiger partial charge >= 0.3 is 0 Å². The summed E-state index contributed by atoms with van der Waals surface area (Å²) in [6.07, 6.45) is 1.19. The molecule has 18 heavy (non-hydrogen) atoms. The second kappa shape index (κ2) is 5.00. The largest absolute Gasteiger partial charge is 0.391 e. The molecule has 0 fully saturated rings. The van der Waals surface area contributed by atoms with E-state index >= 15 is 0 Å². The summed E-state index contributed by atoms with van der Waals surface area (Å²) in [6, 6.07) is 8.61. The second-order valence-electron chi connectivity index (χ2n) is 3.44. The fraction of sp³-hybridized carbons (Fsp3) is 0. The van der Waals surface area contributed by atoms with Crippen LogP contribution in [0.1, 0.15) is 10.4 Å². The predicted molar refractivity (Wildman–Crippen MR) is 66.8 cm³/mol. The van der Waals surface area contributed by atoms with Gasteiger partial charge in [0, 0.05) is 5.56 Å². The Labute approximate surface area is 102 Å². The van der Waals surface area contributed by atoms with Crippen molar-refractivity contribution in [2.75, 3.05) is 11.2 Å². The lowest BCUT2D eigenvalue weighted by atomic mass is 10.2.